The molecule has 3 aromatic rings. The van der Waals surface area contributed by atoms with Crippen LogP contribution in [0.15, 0.2) is 87.1 Å². The van der Waals surface area contributed by atoms with Gasteiger partial charge in [-0.15, -0.1) is 11.8 Å². The number of aryl methyl sites for hydroxylation is 1. The van der Waals surface area contributed by atoms with E-state index in [2.05, 4.69) is 21.2 Å². The van der Waals surface area contributed by atoms with Gasteiger partial charge in [-0.2, -0.15) is 0 Å². The number of rotatable bonds is 11. The van der Waals surface area contributed by atoms with Crippen LogP contribution in [0.3, 0.4) is 0 Å². The number of likely N-dealkylation sites (N-methyl/N-ethyl adjacent to an activating group) is 1. The molecule has 7 nitrogen and oxygen atoms in total. The maximum Gasteiger partial charge on any atom is 0.264 e. The summed E-state index contributed by atoms with van der Waals surface area (Å²) in [6, 6.07) is 20.2. The minimum Gasteiger partial charge on any atom is -0.355 e. The average Bonchev–Trinajstić information content (AvgIpc) is 2.91. The van der Waals surface area contributed by atoms with Gasteiger partial charge in [0, 0.05) is 22.5 Å². The van der Waals surface area contributed by atoms with Crippen molar-refractivity contribution in [1.29, 1.82) is 0 Å². The van der Waals surface area contributed by atoms with Crippen LogP contribution >= 0.6 is 27.7 Å². The lowest BCUT2D eigenvalue weighted by Crippen LogP contribution is -2.51. The molecule has 1 atom stereocenters. The summed E-state index contributed by atoms with van der Waals surface area (Å²) in [5.41, 5.74) is 2.14. The molecule has 0 aliphatic carbocycles. The van der Waals surface area contributed by atoms with Gasteiger partial charge < -0.3 is 10.2 Å². The van der Waals surface area contributed by atoms with Crippen molar-refractivity contribution in [2.45, 2.75) is 43.1 Å². The van der Waals surface area contributed by atoms with E-state index < -0.39 is 28.5 Å². The molecule has 0 spiro atoms. The Morgan fingerprint density at radius 1 is 0.974 bits per heavy atom. The number of nitrogens with one attached hydrogen (secondary N) is 1. The number of hydrogen-bond acceptors (Lipinski definition) is 5. The van der Waals surface area contributed by atoms with Crippen molar-refractivity contribution in [2.75, 3.05) is 23.7 Å². The number of anilines is 1. The molecule has 202 valence electrons. The van der Waals surface area contributed by atoms with Gasteiger partial charge in [-0.1, -0.05) is 45.8 Å². The molecule has 0 saturated carbocycles. The van der Waals surface area contributed by atoms with Gasteiger partial charge in [-0.3, -0.25) is 13.9 Å². The van der Waals surface area contributed by atoms with Crippen molar-refractivity contribution >= 4 is 55.2 Å². The van der Waals surface area contributed by atoms with Gasteiger partial charge >= 0.3 is 0 Å². The number of halogens is 1. The minimum atomic E-state index is -4.09. The minimum absolute atomic E-state index is 0.0832. The summed E-state index contributed by atoms with van der Waals surface area (Å²) < 4.78 is 29.7. The van der Waals surface area contributed by atoms with Crippen LogP contribution in [0.2, 0.25) is 0 Å². The van der Waals surface area contributed by atoms with E-state index in [0.717, 1.165) is 24.8 Å². The van der Waals surface area contributed by atoms with Crippen molar-refractivity contribution in [3.8, 4) is 0 Å². The van der Waals surface area contributed by atoms with Gasteiger partial charge in [0.25, 0.3) is 10.0 Å². The van der Waals surface area contributed by atoms with Crippen LogP contribution in [-0.2, 0) is 26.2 Å². The monoisotopic (exact) mass is 617 g/mol. The highest BCUT2D eigenvalue weighted by molar-refractivity contribution is 9.10. The quantitative estimate of drug-likeness (QED) is 0.298. The summed E-state index contributed by atoms with van der Waals surface area (Å²) in [7, 11) is -4.09. The Morgan fingerprint density at radius 2 is 1.58 bits per heavy atom. The zero-order valence-electron chi connectivity index (χ0n) is 21.8. The van der Waals surface area contributed by atoms with E-state index in [9.17, 15) is 18.0 Å². The molecule has 0 aliphatic heterocycles. The highest BCUT2D eigenvalue weighted by Crippen LogP contribution is 2.26. The van der Waals surface area contributed by atoms with Crippen LogP contribution in [0.5, 0.6) is 0 Å². The second-order valence-corrected chi connectivity index (χ2v) is 12.4. The molecule has 0 radical (unpaired) electrons. The molecule has 3 rings (SSSR count). The predicted octanol–water partition coefficient (Wildman–Crippen LogP) is 5.23. The molecule has 3 aromatic carbocycles. The largest absolute Gasteiger partial charge is 0.355 e. The first-order valence-electron chi connectivity index (χ1n) is 12.1. The molecule has 0 saturated heterocycles. The average molecular weight is 619 g/mol. The third-order valence-electron chi connectivity index (χ3n) is 6.03. The van der Waals surface area contributed by atoms with Crippen LogP contribution in [0.25, 0.3) is 0 Å². The van der Waals surface area contributed by atoms with Gasteiger partial charge in [0.2, 0.25) is 11.8 Å². The van der Waals surface area contributed by atoms with Crippen molar-refractivity contribution in [3.05, 3.63) is 88.4 Å². The summed E-state index contributed by atoms with van der Waals surface area (Å²) >= 11 is 4.92. The normalized spacial score (nSPS) is 12.0. The van der Waals surface area contributed by atoms with Crippen molar-refractivity contribution in [2.24, 2.45) is 0 Å². The Kier molecular flexibility index (Phi) is 10.4. The summed E-state index contributed by atoms with van der Waals surface area (Å²) in [5, 5.41) is 2.76. The topological polar surface area (TPSA) is 86.8 Å². The SMILES string of the molecule is CCNC(=O)[C@H](C)N(Cc1ccc(Br)cc1)C(=O)CN(c1ccc(C)cc1)S(=O)(=O)c1ccc(SC)cc1. The van der Waals surface area contributed by atoms with E-state index in [-0.39, 0.29) is 17.3 Å². The van der Waals surface area contributed by atoms with Gasteiger partial charge in [0.1, 0.15) is 12.6 Å². The van der Waals surface area contributed by atoms with Crippen molar-refractivity contribution < 1.29 is 18.0 Å². The lowest BCUT2D eigenvalue weighted by atomic mass is 10.1. The molecular weight excluding hydrogens is 586 g/mol. The molecule has 10 heteroatoms. The molecule has 1 N–H and O–H groups in total. The van der Waals surface area contributed by atoms with Gasteiger partial charge in [0.05, 0.1) is 10.6 Å². The molecule has 0 aliphatic rings. The van der Waals surface area contributed by atoms with E-state index in [1.165, 1.54) is 16.7 Å². The Balaban J connectivity index is 2.01. The zero-order valence-corrected chi connectivity index (χ0v) is 25.1. The van der Waals surface area contributed by atoms with Crippen LogP contribution in [0, 0.1) is 6.92 Å². The Bertz CT molecular complexity index is 1350. The number of sulfonamides is 1. The smallest absolute Gasteiger partial charge is 0.264 e. The highest BCUT2D eigenvalue weighted by atomic mass is 79.9. The second kappa shape index (κ2) is 13.3. The van der Waals surface area contributed by atoms with E-state index in [0.29, 0.717) is 12.2 Å². The van der Waals surface area contributed by atoms with Crippen molar-refractivity contribution in [3.63, 3.8) is 0 Å². The molecule has 0 fully saturated rings. The van der Waals surface area contributed by atoms with Crippen LogP contribution in [0.4, 0.5) is 5.69 Å². The Hall–Kier alpha value is -2.82. The fraction of sp³-hybridized carbons (Fsp3) is 0.286. The number of nitrogens with zero attached hydrogens (tertiary/aromatic N) is 2. The van der Waals surface area contributed by atoms with Crippen LogP contribution in [-0.4, -0.2) is 50.5 Å². The van der Waals surface area contributed by atoms with Gasteiger partial charge in [0.15, 0.2) is 0 Å². The molecular formula is C28H32BrN3O4S2. The third kappa shape index (κ3) is 7.39. The van der Waals surface area contributed by atoms with E-state index in [1.807, 2.05) is 37.4 Å². The van der Waals surface area contributed by atoms with Gasteiger partial charge in [-0.05, 0) is 81.1 Å². The fourth-order valence-electron chi connectivity index (χ4n) is 3.81. The van der Waals surface area contributed by atoms with Crippen LogP contribution < -0.4 is 9.62 Å². The molecule has 0 aromatic heterocycles. The summed E-state index contributed by atoms with van der Waals surface area (Å²) in [4.78, 5) is 29.0. The fourth-order valence-corrected chi connectivity index (χ4v) is 5.89. The van der Waals surface area contributed by atoms with E-state index >= 15 is 0 Å². The number of carbonyl (C=O) groups is 2. The summed E-state index contributed by atoms with van der Waals surface area (Å²) in [6.07, 6.45) is 1.91. The molecule has 38 heavy (non-hydrogen) atoms. The maximum absolute atomic E-state index is 13.8. The third-order valence-corrected chi connectivity index (χ3v) is 9.09. The number of amides is 2. The lowest BCUT2D eigenvalue weighted by molar-refractivity contribution is -0.139. The summed E-state index contributed by atoms with van der Waals surface area (Å²) in [6.45, 7) is 5.46. The zero-order chi connectivity index (χ0) is 27.9. The number of benzene rings is 3. The molecule has 0 heterocycles. The molecule has 0 unspecified atom stereocenters. The summed E-state index contributed by atoms with van der Waals surface area (Å²) in [5.74, 6) is -0.799. The Labute approximate surface area is 237 Å². The number of thioether (sulfide) groups is 1. The second-order valence-electron chi connectivity index (χ2n) is 8.74. The highest BCUT2D eigenvalue weighted by Gasteiger charge is 2.32. The van der Waals surface area contributed by atoms with Crippen LogP contribution in [0.1, 0.15) is 25.0 Å². The molecule has 0 bridgehead atoms. The molecule has 2 amide bonds. The maximum atomic E-state index is 13.8. The number of carbonyl (C=O) groups excluding carboxylic acids is 2. The Morgan fingerprint density at radius 3 is 2.13 bits per heavy atom. The number of hydrogen-bond donors (Lipinski definition) is 1. The lowest BCUT2D eigenvalue weighted by Gasteiger charge is -2.32. The first-order valence-corrected chi connectivity index (χ1v) is 15.6. The standard InChI is InChI=1S/C28H32BrN3O4S2/c1-5-30-28(34)21(3)31(18-22-8-10-23(29)11-9-22)27(33)19-32(24-12-6-20(2)7-13-24)38(35,36)26-16-14-25(37-4)15-17-26/h6-17,21H,5,18-19H2,1-4H3,(H,30,34)/t21-/m0/s1. The first-order chi connectivity index (χ1) is 18.1. The first kappa shape index (κ1) is 29.7. The predicted molar refractivity (Wildman–Crippen MR) is 157 cm³/mol. The van der Waals surface area contributed by atoms with E-state index in [4.69, 9.17) is 0 Å². The van der Waals surface area contributed by atoms with E-state index in [1.54, 1.807) is 62.4 Å². The van der Waals surface area contributed by atoms with Gasteiger partial charge in [-0.25, -0.2) is 8.42 Å². The van der Waals surface area contributed by atoms with Crippen molar-refractivity contribution in [1.82, 2.24) is 10.2 Å².